The number of hydrogen-bond donors (Lipinski definition) is 0. The zero-order valence-electron chi connectivity index (χ0n) is 14.7. The van der Waals surface area contributed by atoms with E-state index >= 15 is 0 Å². The molecular weight excluding hydrogens is 385 g/mol. The summed E-state index contributed by atoms with van der Waals surface area (Å²) in [6.07, 6.45) is 5.26. The molecule has 4 nitrogen and oxygen atoms in total. The summed E-state index contributed by atoms with van der Waals surface area (Å²) in [5, 5.41) is 0. The van der Waals surface area contributed by atoms with Crippen molar-refractivity contribution in [3.8, 4) is 10.4 Å². The average molecular weight is 406 g/mol. The second-order valence-corrected chi connectivity index (χ2v) is 9.72. The normalized spacial score (nSPS) is 18.6. The topological polar surface area (TPSA) is 54.5 Å². The van der Waals surface area contributed by atoms with Crippen molar-refractivity contribution in [2.24, 2.45) is 0 Å². The van der Waals surface area contributed by atoms with E-state index in [0.717, 1.165) is 15.3 Å². The second kappa shape index (κ2) is 8.19. The highest BCUT2D eigenvalue weighted by molar-refractivity contribution is 7.91. The molecule has 1 aromatic carbocycles. The van der Waals surface area contributed by atoms with Crippen LogP contribution in [0, 0.1) is 5.82 Å². The van der Waals surface area contributed by atoms with Gasteiger partial charge in [-0.15, -0.1) is 17.9 Å². The van der Waals surface area contributed by atoms with Gasteiger partial charge in [0.2, 0.25) is 5.91 Å². The number of thiophene rings is 1. The van der Waals surface area contributed by atoms with Gasteiger partial charge in [-0.25, -0.2) is 12.8 Å². The number of sulfone groups is 1. The fourth-order valence-corrected chi connectivity index (χ4v) is 5.69. The largest absolute Gasteiger partial charge is 0.331 e. The second-order valence-electron chi connectivity index (χ2n) is 6.38. The molecule has 1 saturated heterocycles. The summed E-state index contributed by atoms with van der Waals surface area (Å²) in [6.45, 7) is 3.97. The third-order valence-corrected chi connectivity index (χ3v) is 7.25. The average Bonchev–Trinajstić information content (AvgIpc) is 3.24. The first-order valence-electron chi connectivity index (χ1n) is 8.54. The van der Waals surface area contributed by atoms with Crippen LogP contribution in [-0.2, 0) is 14.6 Å². The van der Waals surface area contributed by atoms with Gasteiger partial charge in [0.05, 0.1) is 11.5 Å². The van der Waals surface area contributed by atoms with Crippen LogP contribution in [0.2, 0.25) is 0 Å². The number of halogens is 1. The van der Waals surface area contributed by atoms with Gasteiger partial charge in [0.25, 0.3) is 0 Å². The third kappa shape index (κ3) is 4.93. The van der Waals surface area contributed by atoms with E-state index in [1.165, 1.54) is 29.5 Å². The van der Waals surface area contributed by atoms with Crippen LogP contribution in [0.15, 0.2) is 55.1 Å². The van der Waals surface area contributed by atoms with Gasteiger partial charge in [-0.05, 0) is 42.3 Å². The molecule has 0 saturated carbocycles. The molecule has 1 fully saturated rings. The summed E-state index contributed by atoms with van der Waals surface area (Å²) in [5.74, 6) is -0.381. The van der Waals surface area contributed by atoms with Gasteiger partial charge in [-0.3, -0.25) is 4.79 Å². The Morgan fingerprint density at radius 2 is 2.00 bits per heavy atom. The van der Waals surface area contributed by atoms with Crippen LogP contribution in [0.3, 0.4) is 0 Å². The molecule has 142 valence electrons. The Labute approximate surface area is 162 Å². The summed E-state index contributed by atoms with van der Waals surface area (Å²) < 4.78 is 36.5. The number of hydrogen-bond acceptors (Lipinski definition) is 4. The minimum absolute atomic E-state index is 0.00807. The molecule has 1 unspecified atom stereocenters. The number of rotatable bonds is 6. The fourth-order valence-electron chi connectivity index (χ4n) is 3.04. The zero-order valence-corrected chi connectivity index (χ0v) is 16.3. The molecule has 27 heavy (non-hydrogen) atoms. The Morgan fingerprint density at radius 3 is 2.63 bits per heavy atom. The molecule has 1 atom stereocenters. The lowest BCUT2D eigenvalue weighted by molar-refractivity contribution is -0.127. The maximum absolute atomic E-state index is 13.0. The number of benzene rings is 1. The molecule has 3 rings (SSSR count). The summed E-state index contributed by atoms with van der Waals surface area (Å²) in [5.41, 5.74) is 0.914. The quantitative estimate of drug-likeness (QED) is 0.543. The van der Waals surface area contributed by atoms with Crippen molar-refractivity contribution in [2.45, 2.75) is 12.5 Å². The van der Waals surface area contributed by atoms with Gasteiger partial charge >= 0.3 is 0 Å². The van der Waals surface area contributed by atoms with Crippen molar-refractivity contribution in [3.63, 3.8) is 0 Å². The number of carbonyl (C=O) groups is 1. The van der Waals surface area contributed by atoms with Gasteiger partial charge in [0.1, 0.15) is 5.82 Å². The summed E-state index contributed by atoms with van der Waals surface area (Å²) in [4.78, 5) is 16.0. The highest BCUT2D eigenvalue weighted by Crippen LogP contribution is 2.29. The fraction of sp³-hybridized carbons (Fsp3) is 0.250. The molecule has 2 heterocycles. The maximum atomic E-state index is 13.0. The minimum atomic E-state index is -3.07. The van der Waals surface area contributed by atoms with E-state index in [1.54, 1.807) is 29.2 Å². The molecule has 0 N–H and O–H groups in total. The number of nitrogens with zero attached hydrogens (tertiary/aromatic N) is 1. The summed E-state index contributed by atoms with van der Waals surface area (Å²) in [6, 6.07) is 9.77. The highest BCUT2D eigenvalue weighted by Gasteiger charge is 2.33. The minimum Gasteiger partial charge on any atom is -0.331 e. The van der Waals surface area contributed by atoms with Gasteiger partial charge in [0, 0.05) is 28.4 Å². The van der Waals surface area contributed by atoms with Gasteiger partial charge in [-0.2, -0.15) is 0 Å². The van der Waals surface area contributed by atoms with Crippen LogP contribution in [-0.4, -0.2) is 43.3 Å². The zero-order chi connectivity index (χ0) is 19.4. The first kappa shape index (κ1) is 19.5. The van der Waals surface area contributed by atoms with E-state index < -0.39 is 9.84 Å². The Hall–Kier alpha value is -2.25. The van der Waals surface area contributed by atoms with Crippen molar-refractivity contribution in [1.29, 1.82) is 0 Å². The van der Waals surface area contributed by atoms with Crippen LogP contribution < -0.4 is 0 Å². The van der Waals surface area contributed by atoms with Crippen molar-refractivity contribution >= 4 is 33.2 Å². The smallest absolute Gasteiger partial charge is 0.247 e. The molecule has 0 bridgehead atoms. The molecule has 1 aromatic heterocycles. The van der Waals surface area contributed by atoms with Crippen molar-refractivity contribution in [1.82, 2.24) is 4.90 Å². The van der Waals surface area contributed by atoms with E-state index in [1.807, 2.05) is 12.1 Å². The molecule has 1 amide bonds. The van der Waals surface area contributed by atoms with E-state index in [2.05, 4.69) is 6.58 Å². The standard InChI is InChI=1S/C20H20FNO3S2/c1-2-12-22(17-11-13-27(24,25)14-17)20(23)10-8-18-7-9-19(26-18)15-3-5-16(21)6-4-15/h2-10,17H,1,11-14H2. The lowest BCUT2D eigenvalue weighted by Crippen LogP contribution is -2.40. The molecule has 1 aliphatic heterocycles. The van der Waals surface area contributed by atoms with Crippen LogP contribution >= 0.6 is 11.3 Å². The Morgan fingerprint density at radius 1 is 1.26 bits per heavy atom. The monoisotopic (exact) mass is 405 g/mol. The SMILES string of the molecule is C=CCN(C(=O)C=Cc1ccc(-c2ccc(F)cc2)s1)C1CCS(=O)(=O)C1. The molecule has 7 heteroatoms. The lowest BCUT2D eigenvalue weighted by Gasteiger charge is -2.25. The first-order chi connectivity index (χ1) is 12.9. The number of carbonyl (C=O) groups excluding carboxylic acids is 1. The molecule has 2 aromatic rings. The predicted molar refractivity (Wildman–Crippen MR) is 108 cm³/mol. The van der Waals surface area contributed by atoms with E-state index in [9.17, 15) is 17.6 Å². The third-order valence-electron chi connectivity index (χ3n) is 4.40. The van der Waals surface area contributed by atoms with Crippen LogP contribution in [0.1, 0.15) is 11.3 Å². The van der Waals surface area contributed by atoms with E-state index in [-0.39, 0.29) is 29.3 Å². The van der Waals surface area contributed by atoms with Crippen molar-refractivity contribution in [2.75, 3.05) is 18.1 Å². The Kier molecular flexibility index (Phi) is 5.92. The first-order valence-corrected chi connectivity index (χ1v) is 11.2. The van der Waals surface area contributed by atoms with E-state index in [0.29, 0.717) is 13.0 Å². The molecule has 1 aliphatic rings. The maximum Gasteiger partial charge on any atom is 0.247 e. The lowest BCUT2D eigenvalue weighted by atomic mass is 10.2. The van der Waals surface area contributed by atoms with Gasteiger partial charge in [0.15, 0.2) is 9.84 Å². The van der Waals surface area contributed by atoms with Crippen LogP contribution in [0.5, 0.6) is 0 Å². The Balaban J connectivity index is 1.71. The number of amides is 1. The molecule has 0 aliphatic carbocycles. The Bertz CT molecular complexity index is 961. The molecular formula is C20H20FNO3S2. The van der Waals surface area contributed by atoms with Gasteiger partial charge in [-0.1, -0.05) is 18.2 Å². The highest BCUT2D eigenvalue weighted by atomic mass is 32.2. The van der Waals surface area contributed by atoms with Crippen LogP contribution in [0.25, 0.3) is 16.5 Å². The van der Waals surface area contributed by atoms with Crippen molar-refractivity contribution < 1.29 is 17.6 Å². The molecule has 0 radical (unpaired) electrons. The molecule has 0 spiro atoms. The summed E-state index contributed by atoms with van der Waals surface area (Å²) in [7, 11) is -3.07. The predicted octanol–water partition coefficient (Wildman–Crippen LogP) is 3.77. The van der Waals surface area contributed by atoms with E-state index in [4.69, 9.17) is 0 Å². The summed E-state index contributed by atoms with van der Waals surface area (Å²) >= 11 is 1.49. The van der Waals surface area contributed by atoms with Gasteiger partial charge < -0.3 is 4.90 Å². The van der Waals surface area contributed by atoms with Crippen LogP contribution in [0.4, 0.5) is 4.39 Å². The van der Waals surface area contributed by atoms with Crippen molar-refractivity contribution in [3.05, 3.63) is 65.8 Å².